The summed E-state index contributed by atoms with van der Waals surface area (Å²) in [6.45, 7) is 1.27. The average molecular weight is 437 g/mol. The molecule has 2 aliphatic rings. The van der Waals surface area contributed by atoms with Crippen molar-refractivity contribution in [2.24, 2.45) is 10.9 Å². The predicted octanol–water partition coefficient (Wildman–Crippen LogP) is 1.98. The predicted molar refractivity (Wildman–Crippen MR) is 108 cm³/mol. The molecule has 0 aliphatic carbocycles. The molecule has 4 N–H and O–H groups in total. The van der Waals surface area contributed by atoms with Crippen LogP contribution in [0.5, 0.6) is 11.5 Å². The number of phenols is 2. The van der Waals surface area contributed by atoms with E-state index < -0.39 is 36.1 Å². The molecule has 2 heterocycles. The van der Waals surface area contributed by atoms with Gasteiger partial charge in [-0.05, 0) is 18.6 Å². The van der Waals surface area contributed by atoms with E-state index in [1.165, 1.54) is 0 Å². The first kappa shape index (κ1) is 21.7. The summed E-state index contributed by atoms with van der Waals surface area (Å²) >= 11 is 6.22. The molecular weight excluding hydrogens is 416 g/mol. The molecule has 160 valence electrons. The third-order valence-electron chi connectivity index (χ3n) is 4.47. The van der Waals surface area contributed by atoms with E-state index >= 15 is 0 Å². The molecule has 1 aromatic carbocycles. The Kier molecular flexibility index (Phi) is 6.63. The highest BCUT2D eigenvalue weighted by Crippen LogP contribution is 2.38. The number of esters is 1. The van der Waals surface area contributed by atoms with Gasteiger partial charge in [-0.2, -0.15) is 0 Å². The maximum absolute atomic E-state index is 12.8. The minimum atomic E-state index is -0.803. The molecule has 10 heteroatoms. The van der Waals surface area contributed by atoms with Crippen molar-refractivity contribution in [2.45, 2.75) is 38.1 Å². The summed E-state index contributed by atoms with van der Waals surface area (Å²) in [5.41, 5.74) is 5.20. The van der Waals surface area contributed by atoms with Gasteiger partial charge in [-0.15, -0.1) is 0 Å². The number of benzene rings is 1. The SMILES string of the molecule is C[C@@H]1C[C@H]2O[C@@H]2C=CC=CC(=NOCC(N)=O)Cc2c(Cl)c(O)cc(O)c2C(=O)O1. The highest BCUT2D eigenvalue weighted by atomic mass is 35.5. The first-order valence-corrected chi connectivity index (χ1v) is 9.55. The normalized spacial score (nSPS) is 25.1. The lowest BCUT2D eigenvalue weighted by atomic mass is 9.99. The molecule has 1 amide bonds. The maximum Gasteiger partial charge on any atom is 0.342 e. The number of hydrogen-bond acceptors (Lipinski definition) is 8. The number of hydrogen-bond donors (Lipinski definition) is 3. The van der Waals surface area contributed by atoms with Crippen LogP contribution in [-0.4, -0.2) is 52.7 Å². The summed E-state index contributed by atoms with van der Waals surface area (Å²) in [6, 6.07) is 0.967. The second kappa shape index (κ2) is 9.19. The van der Waals surface area contributed by atoms with Gasteiger partial charge in [0.15, 0.2) is 6.61 Å². The Morgan fingerprint density at radius 2 is 2.13 bits per heavy atom. The van der Waals surface area contributed by atoms with E-state index in [1.54, 1.807) is 25.2 Å². The molecule has 9 nitrogen and oxygen atoms in total. The van der Waals surface area contributed by atoms with Crippen molar-refractivity contribution in [1.82, 2.24) is 0 Å². The number of allylic oxidation sites excluding steroid dienone is 3. The third kappa shape index (κ3) is 5.31. The molecule has 0 saturated carbocycles. The van der Waals surface area contributed by atoms with Crippen LogP contribution < -0.4 is 5.73 Å². The fraction of sp³-hybridized carbons (Fsp3) is 0.350. The Morgan fingerprint density at radius 3 is 2.87 bits per heavy atom. The number of cyclic esters (lactones) is 1. The van der Waals surface area contributed by atoms with Crippen molar-refractivity contribution in [2.75, 3.05) is 6.61 Å². The molecule has 1 aromatic rings. The van der Waals surface area contributed by atoms with Gasteiger partial charge < -0.3 is 30.3 Å². The minimum absolute atomic E-state index is 0.0797. The van der Waals surface area contributed by atoms with E-state index in [9.17, 15) is 19.8 Å². The zero-order valence-corrected chi connectivity index (χ0v) is 16.8. The number of halogens is 1. The van der Waals surface area contributed by atoms with E-state index in [0.29, 0.717) is 6.42 Å². The van der Waals surface area contributed by atoms with Gasteiger partial charge in [0.1, 0.15) is 29.3 Å². The van der Waals surface area contributed by atoms with E-state index in [-0.39, 0.29) is 40.5 Å². The number of carbonyl (C=O) groups is 2. The maximum atomic E-state index is 12.8. The molecule has 0 aromatic heterocycles. The summed E-state index contributed by atoms with van der Waals surface area (Å²) in [5, 5.41) is 24.0. The zero-order valence-electron chi connectivity index (χ0n) is 16.1. The fourth-order valence-corrected chi connectivity index (χ4v) is 3.25. The number of rotatable bonds is 3. The van der Waals surface area contributed by atoms with Crippen LogP contribution in [0.3, 0.4) is 0 Å². The number of nitrogens with two attached hydrogens (primary N) is 1. The first-order valence-electron chi connectivity index (χ1n) is 9.18. The van der Waals surface area contributed by atoms with Crippen LogP contribution in [0.25, 0.3) is 0 Å². The molecule has 1 fully saturated rings. The molecule has 30 heavy (non-hydrogen) atoms. The van der Waals surface area contributed by atoms with Gasteiger partial charge in [0, 0.05) is 18.9 Å². The van der Waals surface area contributed by atoms with Crippen molar-refractivity contribution in [3.05, 3.63) is 46.5 Å². The molecule has 0 radical (unpaired) electrons. The second-order valence-electron chi connectivity index (χ2n) is 6.92. The number of amides is 1. The minimum Gasteiger partial charge on any atom is -0.507 e. The van der Waals surface area contributed by atoms with Crippen molar-refractivity contribution in [3.8, 4) is 11.5 Å². The molecule has 2 aliphatic heterocycles. The van der Waals surface area contributed by atoms with Crippen LogP contribution in [0.4, 0.5) is 0 Å². The topological polar surface area (TPSA) is 144 Å². The van der Waals surface area contributed by atoms with Gasteiger partial charge in [-0.1, -0.05) is 35.0 Å². The molecule has 0 bridgehead atoms. The molecule has 3 atom stereocenters. The van der Waals surface area contributed by atoms with Gasteiger partial charge in [0.2, 0.25) is 0 Å². The summed E-state index contributed by atoms with van der Waals surface area (Å²) in [5.74, 6) is -2.42. The number of carbonyl (C=O) groups excluding carboxylic acids is 2. The van der Waals surface area contributed by atoms with Crippen molar-refractivity contribution in [1.29, 1.82) is 0 Å². The quantitative estimate of drug-likeness (QED) is 0.373. The summed E-state index contributed by atoms with van der Waals surface area (Å²) in [4.78, 5) is 28.6. The average Bonchev–Trinajstić information content (AvgIpc) is 3.38. The number of phenolic OH excluding ortho intramolecular Hbond substituents is 2. The van der Waals surface area contributed by atoms with E-state index in [1.807, 2.05) is 6.08 Å². The van der Waals surface area contributed by atoms with E-state index in [4.69, 9.17) is 31.6 Å². The van der Waals surface area contributed by atoms with Crippen LogP contribution in [-0.2, 0) is 25.5 Å². The van der Waals surface area contributed by atoms with Crippen LogP contribution in [0.2, 0.25) is 5.02 Å². The van der Waals surface area contributed by atoms with Crippen molar-refractivity contribution < 1.29 is 34.1 Å². The van der Waals surface area contributed by atoms with E-state index in [0.717, 1.165) is 6.07 Å². The van der Waals surface area contributed by atoms with Gasteiger partial charge >= 0.3 is 5.97 Å². The Balaban J connectivity index is 2.03. The van der Waals surface area contributed by atoms with Crippen LogP contribution >= 0.6 is 11.6 Å². The molecule has 0 spiro atoms. The lowest BCUT2D eigenvalue weighted by Gasteiger charge is -2.17. The molecular formula is C20H21ClN2O7. The third-order valence-corrected chi connectivity index (χ3v) is 4.89. The van der Waals surface area contributed by atoms with Gasteiger partial charge in [0.05, 0.1) is 16.8 Å². The summed E-state index contributed by atoms with van der Waals surface area (Å²) < 4.78 is 11.0. The number of epoxide rings is 1. The van der Waals surface area contributed by atoms with Gasteiger partial charge in [-0.25, -0.2) is 4.79 Å². The monoisotopic (exact) mass is 436 g/mol. The Labute approximate surface area is 177 Å². The Hall–Kier alpha value is -3.04. The zero-order chi connectivity index (χ0) is 21.8. The molecule has 3 rings (SSSR count). The largest absolute Gasteiger partial charge is 0.507 e. The number of oxime groups is 1. The lowest BCUT2D eigenvalue weighted by Crippen LogP contribution is -2.20. The van der Waals surface area contributed by atoms with E-state index in [2.05, 4.69) is 5.16 Å². The molecule has 0 unspecified atom stereocenters. The van der Waals surface area contributed by atoms with Crippen molar-refractivity contribution >= 4 is 29.2 Å². The number of ether oxygens (including phenoxy) is 2. The Bertz CT molecular complexity index is 942. The van der Waals surface area contributed by atoms with Gasteiger partial charge in [-0.3, -0.25) is 4.79 Å². The highest BCUT2D eigenvalue weighted by molar-refractivity contribution is 6.33. The summed E-state index contributed by atoms with van der Waals surface area (Å²) in [6.07, 6.45) is 6.59. The van der Waals surface area contributed by atoms with Crippen LogP contribution in [0, 0.1) is 0 Å². The van der Waals surface area contributed by atoms with Crippen LogP contribution in [0.1, 0.15) is 29.3 Å². The molecule has 1 saturated heterocycles. The van der Waals surface area contributed by atoms with Crippen LogP contribution in [0.15, 0.2) is 35.5 Å². The van der Waals surface area contributed by atoms with Crippen molar-refractivity contribution in [3.63, 3.8) is 0 Å². The standard InChI is InChI=1S/C20H21ClN2O7/c1-10-6-16-15(30-16)5-3-2-4-11(23-28-9-17(22)26)7-12-18(20(27)29-10)13(24)8-14(25)19(12)21/h2-5,8,10,15-16,24-25H,6-7,9H2,1H3,(H2,22,26)/t10-,15-,16-/m1/s1. The fourth-order valence-electron chi connectivity index (χ4n) is 3.03. The highest BCUT2D eigenvalue weighted by Gasteiger charge is 2.38. The first-order chi connectivity index (χ1) is 14.3. The number of primary amides is 1. The second-order valence-corrected chi connectivity index (χ2v) is 7.29. The lowest BCUT2D eigenvalue weighted by molar-refractivity contribution is -0.122. The number of fused-ring (bicyclic) bond motifs is 2. The smallest absolute Gasteiger partial charge is 0.342 e. The Morgan fingerprint density at radius 1 is 1.37 bits per heavy atom. The number of nitrogens with zero attached hydrogens (tertiary/aromatic N) is 1. The van der Waals surface area contributed by atoms with Gasteiger partial charge in [0.25, 0.3) is 5.91 Å². The summed E-state index contributed by atoms with van der Waals surface area (Å²) in [7, 11) is 0. The number of aromatic hydroxyl groups is 2.